The maximum Gasteiger partial charge on any atom is 0.338 e. The van der Waals surface area contributed by atoms with Crippen molar-refractivity contribution in [3.8, 4) is 0 Å². The molecule has 2 aromatic rings. The van der Waals surface area contributed by atoms with Gasteiger partial charge in [0.1, 0.15) is 5.82 Å². The standard InChI is InChI=1S/C19H19ClFNO3S/c1-3-25-19(24)13-8-7-12(2)17(9-13)22-18(23)11-26-10-14-15(20)5-4-6-16(14)21/h4-9H,3,10-11H2,1-2H3,(H,22,23). The van der Waals surface area contributed by atoms with Gasteiger partial charge in [0.05, 0.1) is 17.9 Å². The molecule has 0 bridgehead atoms. The lowest BCUT2D eigenvalue weighted by Crippen LogP contribution is -2.16. The van der Waals surface area contributed by atoms with E-state index in [-0.39, 0.29) is 24.1 Å². The van der Waals surface area contributed by atoms with Crippen molar-refractivity contribution in [3.05, 3.63) is 63.9 Å². The van der Waals surface area contributed by atoms with E-state index in [4.69, 9.17) is 16.3 Å². The normalized spacial score (nSPS) is 10.5. The number of rotatable bonds is 7. The van der Waals surface area contributed by atoms with Crippen LogP contribution in [0.25, 0.3) is 0 Å². The van der Waals surface area contributed by atoms with Crippen LogP contribution in [-0.4, -0.2) is 24.2 Å². The lowest BCUT2D eigenvalue weighted by Gasteiger charge is -2.11. The summed E-state index contributed by atoms with van der Waals surface area (Å²) < 4.78 is 18.7. The summed E-state index contributed by atoms with van der Waals surface area (Å²) in [5, 5.41) is 3.11. The molecule has 0 spiro atoms. The number of hydrogen-bond acceptors (Lipinski definition) is 4. The van der Waals surface area contributed by atoms with Crippen LogP contribution in [0.2, 0.25) is 5.02 Å². The van der Waals surface area contributed by atoms with Gasteiger partial charge in [-0.15, -0.1) is 11.8 Å². The molecule has 0 heterocycles. The quantitative estimate of drug-likeness (QED) is 0.682. The number of amides is 1. The summed E-state index contributed by atoms with van der Waals surface area (Å²) in [5.41, 5.74) is 2.13. The fourth-order valence-electron chi connectivity index (χ4n) is 2.20. The highest BCUT2D eigenvalue weighted by Crippen LogP contribution is 2.24. The Bertz CT molecular complexity index is 793. The molecule has 26 heavy (non-hydrogen) atoms. The lowest BCUT2D eigenvalue weighted by molar-refractivity contribution is -0.113. The fraction of sp³-hybridized carbons (Fsp3) is 0.263. The number of anilines is 1. The van der Waals surface area contributed by atoms with Crippen LogP contribution in [0, 0.1) is 12.7 Å². The van der Waals surface area contributed by atoms with Crippen molar-refractivity contribution in [2.45, 2.75) is 19.6 Å². The largest absolute Gasteiger partial charge is 0.462 e. The second kappa shape index (κ2) is 9.59. The van der Waals surface area contributed by atoms with Crippen molar-refractivity contribution in [3.63, 3.8) is 0 Å². The first-order chi connectivity index (χ1) is 12.4. The van der Waals surface area contributed by atoms with E-state index in [1.807, 2.05) is 6.92 Å². The summed E-state index contributed by atoms with van der Waals surface area (Å²) in [4.78, 5) is 24.0. The van der Waals surface area contributed by atoms with E-state index < -0.39 is 5.97 Å². The van der Waals surface area contributed by atoms with Crippen LogP contribution in [0.3, 0.4) is 0 Å². The van der Waals surface area contributed by atoms with Gasteiger partial charge in [-0.2, -0.15) is 0 Å². The van der Waals surface area contributed by atoms with Gasteiger partial charge in [0.2, 0.25) is 5.91 Å². The molecule has 0 saturated carbocycles. The van der Waals surface area contributed by atoms with E-state index >= 15 is 0 Å². The van der Waals surface area contributed by atoms with Crippen molar-refractivity contribution in [2.24, 2.45) is 0 Å². The first kappa shape index (κ1) is 20.3. The van der Waals surface area contributed by atoms with Crippen LogP contribution >= 0.6 is 23.4 Å². The highest BCUT2D eigenvalue weighted by atomic mass is 35.5. The van der Waals surface area contributed by atoms with E-state index in [0.717, 1.165) is 5.56 Å². The Kier molecular flexibility index (Phi) is 7.48. The van der Waals surface area contributed by atoms with E-state index in [1.165, 1.54) is 23.9 Å². The topological polar surface area (TPSA) is 55.4 Å². The van der Waals surface area contributed by atoms with Gasteiger partial charge in [-0.3, -0.25) is 4.79 Å². The number of thioether (sulfide) groups is 1. The number of nitrogens with one attached hydrogen (secondary N) is 1. The molecule has 0 aliphatic rings. The Morgan fingerprint density at radius 1 is 1.27 bits per heavy atom. The van der Waals surface area contributed by atoms with E-state index in [1.54, 1.807) is 31.2 Å². The number of ether oxygens (including phenoxy) is 1. The zero-order valence-electron chi connectivity index (χ0n) is 14.5. The minimum atomic E-state index is -0.438. The van der Waals surface area contributed by atoms with Gasteiger partial charge in [0.15, 0.2) is 0 Å². The van der Waals surface area contributed by atoms with Crippen molar-refractivity contribution in [1.29, 1.82) is 0 Å². The van der Waals surface area contributed by atoms with Crippen molar-refractivity contribution in [2.75, 3.05) is 17.7 Å². The zero-order valence-corrected chi connectivity index (χ0v) is 16.0. The van der Waals surface area contributed by atoms with Crippen molar-refractivity contribution in [1.82, 2.24) is 0 Å². The highest BCUT2D eigenvalue weighted by Gasteiger charge is 2.12. The van der Waals surface area contributed by atoms with Gasteiger partial charge in [-0.25, -0.2) is 9.18 Å². The van der Waals surface area contributed by atoms with Gasteiger partial charge < -0.3 is 10.1 Å². The average Bonchev–Trinajstić information content (AvgIpc) is 2.59. The number of benzene rings is 2. The molecule has 0 saturated heterocycles. The van der Waals surface area contributed by atoms with E-state index in [0.29, 0.717) is 27.6 Å². The highest BCUT2D eigenvalue weighted by molar-refractivity contribution is 7.99. The predicted octanol–water partition coefficient (Wildman–Crippen LogP) is 4.84. The first-order valence-electron chi connectivity index (χ1n) is 8.00. The number of halogens is 2. The molecular weight excluding hydrogens is 377 g/mol. The van der Waals surface area contributed by atoms with Gasteiger partial charge in [0.25, 0.3) is 0 Å². The third-order valence-electron chi connectivity index (χ3n) is 3.56. The van der Waals surface area contributed by atoms with Gasteiger partial charge in [-0.1, -0.05) is 23.7 Å². The average molecular weight is 396 g/mol. The molecule has 0 unspecified atom stereocenters. The van der Waals surface area contributed by atoms with Crippen LogP contribution in [-0.2, 0) is 15.3 Å². The molecule has 138 valence electrons. The lowest BCUT2D eigenvalue weighted by atomic mass is 10.1. The smallest absolute Gasteiger partial charge is 0.338 e. The summed E-state index contributed by atoms with van der Waals surface area (Å²) >= 11 is 7.23. The molecule has 0 fully saturated rings. The van der Waals surface area contributed by atoms with Crippen molar-refractivity contribution < 1.29 is 18.7 Å². The molecule has 0 aromatic heterocycles. The number of hydrogen-bond donors (Lipinski definition) is 1. The Morgan fingerprint density at radius 3 is 2.73 bits per heavy atom. The molecule has 2 rings (SSSR count). The summed E-state index contributed by atoms with van der Waals surface area (Å²) in [6.45, 7) is 3.84. The van der Waals surface area contributed by atoms with Gasteiger partial charge in [0, 0.05) is 22.0 Å². The molecule has 1 N–H and O–H groups in total. The number of aryl methyl sites for hydroxylation is 1. The second-order valence-corrected chi connectivity index (χ2v) is 6.88. The molecule has 2 aromatic carbocycles. The monoisotopic (exact) mass is 395 g/mol. The predicted molar refractivity (Wildman–Crippen MR) is 103 cm³/mol. The molecule has 0 atom stereocenters. The van der Waals surface area contributed by atoms with Crippen molar-refractivity contribution >= 4 is 40.9 Å². The van der Waals surface area contributed by atoms with Crippen LogP contribution in [0.4, 0.5) is 10.1 Å². The third-order valence-corrected chi connectivity index (χ3v) is 4.88. The Hall–Kier alpha value is -2.05. The zero-order chi connectivity index (χ0) is 19.1. The minimum absolute atomic E-state index is 0.133. The van der Waals surface area contributed by atoms with E-state index in [9.17, 15) is 14.0 Å². The summed E-state index contributed by atoms with van der Waals surface area (Å²) in [7, 11) is 0. The summed E-state index contributed by atoms with van der Waals surface area (Å²) in [6, 6.07) is 9.48. The number of carbonyl (C=O) groups is 2. The Labute approximate surface area is 161 Å². The van der Waals surface area contributed by atoms with Crippen LogP contribution in [0.5, 0.6) is 0 Å². The molecule has 7 heteroatoms. The van der Waals surface area contributed by atoms with Gasteiger partial charge in [-0.05, 0) is 43.7 Å². The molecule has 0 aliphatic heterocycles. The van der Waals surface area contributed by atoms with Crippen LogP contribution in [0.15, 0.2) is 36.4 Å². The SMILES string of the molecule is CCOC(=O)c1ccc(C)c(NC(=O)CSCc2c(F)cccc2Cl)c1. The Morgan fingerprint density at radius 2 is 2.04 bits per heavy atom. The number of esters is 1. The maximum absolute atomic E-state index is 13.7. The minimum Gasteiger partial charge on any atom is -0.462 e. The Balaban J connectivity index is 1.95. The van der Waals surface area contributed by atoms with E-state index in [2.05, 4.69) is 5.32 Å². The molecule has 4 nitrogen and oxygen atoms in total. The summed E-state index contributed by atoms with van der Waals surface area (Å²) in [5.74, 6) is -0.643. The molecular formula is C19H19ClFNO3S. The summed E-state index contributed by atoms with van der Waals surface area (Å²) in [6.07, 6.45) is 0. The maximum atomic E-state index is 13.7. The van der Waals surface area contributed by atoms with Gasteiger partial charge >= 0.3 is 5.97 Å². The molecule has 0 radical (unpaired) electrons. The van der Waals surface area contributed by atoms with Crippen LogP contribution < -0.4 is 5.32 Å². The molecule has 1 amide bonds. The first-order valence-corrected chi connectivity index (χ1v) is 9.54. The third kappa shape index (κ3) is 5.47. The molecule has 0 aliphatic carbocycles. The van der Waals surface area contributed by atoms with Crippen LogP contribution in [0.1, 0.15) is 28.4 Å². The second-order valence-electron chi connectivity index (χ2n) is 5.49. The number of carbonyl (C=O) groups excluding carboxylic acids is 2. The fourth-order valence-corrected chi connectivity index (χ4v) is 3.37.